The van der Waals surface area contributed by atoms with Crippen molar-refractivity contribution in [3.8, 4) is 11.4 Å². The highest BCUT2D eigenvalue weighted by atomic mass is 35.5. The molecule has 0 amide bonds. The molecule has 2 aromatic heterocycles. The van der Waals surface area contributed by atoms with E-state index in [2.05, 4.69) is 34.1 Å². The lowest BCUT2D eigenvalue weighted by atomic mass is 9.90. The van der Waals surface area contributed by atoms with E-state index in [1.807, 2.05) is 0 Å². The van der Waals surface area contributed by atoms with Gasteiger partial charge in [0.2, 0.25) is 0 Å². The second kappa shape index (κ2) is 7.65. The number of pyridine rings is 1. The van der Waals surface area contributed by atoms with Crippen LogP contribution in [0.5, 0.6) is 0 Å². The Bertz CT molecular complexity index is 1150. The molecule has 1 N–H and O–H groups in total. The summed E-state index contributed by atoms with van der Waals surface area (Å²) in [5.41, 5.74) is 2.78. The third-order valence-electron chi connectivity index (χ3n) is 5.04. The molecular formula is C22H20ClFN4O2. The third kappa shape index (κ3) is 3.85. The minimum Gasteiger partial charge on any atom is -0.465 e. The standard InChI is InChI=1S/C22H20ClFN4O2/c1-22(2)9-14-18(10-22)27-19(13-8-12(23)4-5-16(13)24)28-20(14)26-17-6-7-25-11-15(17)21(29)30-3/h4-8,11H,9-10H2,1-3H3,(H,25,26,27,28). The predicted molar refractivity (Wildman–Crippen MR) is 112 cm³/mol. The molecule has 0 bridgehead atoms. The number of halogens is 2. The summed E-state index contributed by atoms with van der Waals surface area (Å²) in [6.07, 6.45) is 4.48. The van der Waals surface area contributed by atoms with Crippen LogP contribution in [0.2, 0.25) is 5.02 Å². The first-order chi connectivity index (χ1) is 14.3. The van der Waals surface area contributed by atoms with Crippen LogP contribution >= 0.6 is 11.6 Å². The Balaban J connectivity index is 1.85. The van der Waals surface area contributed by atoms with Crippen LogP contribution in [0.15, 0.2) is 36.7 Å². The van der Waals surface area contributed by atoms with Gasteiger partial charge in [0.15, 0.2) is 5.82 Å². The second-order valence-corrected chi connectivity index (χ2v) is 8.44. The molecule has 1 aliphatic carbocycles. The lowest BCUT2D eigenvalue weighted by Crippen LogP contribution is -2.10. The van der Waals surface area contributed by atoms with Crippen molar-refractivity contribution in [2.75, 3.05) is 12.4 Å². The number of carbonyl (C=O) groups excluding carboxylic acids is 1. The van der Waals surface area contributed by atoms with Crippen LogP contribution in [-0.4, -0.2) is 28.0 Å². The fourth-order valence-corrected chi connectivity index (χ4v) is 3.83. The topological polar surface area (TPSA) is 77.0 Å². The summed E-state index contributed by atoms with van der Waals surface area (Å²) in [5, 5.41) is 3.62. The second-order valence-electron chi connectivity index (χ2n) is 8.00. The van der Waals surface area contributed by atoms with Gasteiger partial charge in [0.1, 0.15) is 17.2 Å². The molecule has 30 heavy (non-hydrogen) atoms. The maximum atomic E-state index is 14.5. The summed E-state index contributed by atoms with van der Waals surface area (Å²) in [4.78, 5) is 25.4. The van der Waals surface area contributed by atoms with E-state index in [-0.39, 0.29) is 22.4 Å². The minimum atomic E-state index is -0.516. The van der Waals surface area contributed by atoms with Crippen molar-refractivity contribution in [1.29, 1.82) is 0 Å². The van der Waals surface area contributed by atoms with Crippen molar-refractivity contribution in [2.24, 2.45) is 5.41 Å². The zero-order chi connectivity index (χ0) is 21.5. The summed E-state index contributed by atoms with van der Waals surface area (Å²) in [6.45, 7) is 4.29. The van der Waals surface area contributed by atoms with Gasteiger partial charge in [-0.05, 0) is 42.5 Å². The van der Waals surface area contributed by atoms with Gasteiger partial charge in [-0.25, -0.2) is 19.2 Å². The van der Waals surface area contributed by atoms with Gasteiger partial charge in [0, 0.05) is 23.0 Å². The maximum Gasteiger partial charge on any atom is 0.341 e. The largest absolute Gasteiger partial charge is 0.465 e. The van der Waals surface area contributed by atoms with Gasteiger partial charge in [0.25, 0.3) is 0 Å². The van der Waals surface area contributed by atoms with Crippen molar-refractivity contribution >= 4 is 29.1 Å². The number of nitrogens with one attached hydrogen (secondary N) is 1. The first-order valence-corrected chi connectivity index (χ1v) is 9.80. The normalized spacial score (nSPS) is 14.3. The SMILES string of the molecule is COC(=O)c1cnccc1Nc1nc(-c2cc(Cl)ccc2F)nc2c1CC(C)(C)C2. The van der Waals surface area contributed by atoms with E-state index in [1.54, 1.807) is 12.3 Å². The van der Waals surface area contributed by atoms with Crippen LogP contribution in [0.1, 0.15) is 35.5 Å². The molecule has 1 aromatic carbocycles. The summed E-state index contributed by atoms with van der Waals surface area (Å²) in [5.74, 6) is -0.210. The molecule has 0 fully saturated rings. The number of hydrogen-bond donors (Lipinski definition) is 1. The molecule has 0 aliphatic heterocycles. The molecule has 0 unspecified atom stereocenters. The molecule has 0 atom stereocenters. The molecule has 4 rings (SSSR count). The van der Waals surface area contributed by atoms with Crippen LogP contribution in [0.25, 0.3) is 11.4 Å². The average Bonchev–Trinajstić information content (AvgIpc) is 3.03. The van der Waals surface area contributed by atoms with E-state index in [4.69, 9.17) is 16.3 Å². The highest BCUT2D eigenvalue weighted by Crippen LogP contribution is 2.40. The Morgan fingerprint density at radius 3 is 2.80 bits per heavy atom. The van der Waals surface area contributed by atoms with Crippen LogP contribution in [0.4, 0.5) is 15.9 Å². The molecule has 154 valence electrons. The molecule has 0 radical (unpaired) electrons. The Morgan fingerprint density at radius 2 is 2.03 bits per heavy atom. The smallest absolute Gasteiger partial charge is 0.341 e. The Morgan fingerprint density at radius 1 is 1.23 bits per heavy atom. The summed E-state index contributed by atoms with van der Waals surface area (Å²) >= 11 is 6.07. The summed E-state index contributed by atoms with van der Waals surface area (Å²) < 4.78 is 19.4. The fourth-order valence-electron chi connectivity index (χ4n) is 3.65. The number of ether oxygens (including phenoxy) is 1. The van der Waals surface area contributed by atoms with E-state index >= 15 is 0 Å². The van der Waals surface area contributed by atoms with Gasteiger partial charge in [0.05, 0.1) is 24.1 Å². The number of carbonyl (C=O) groups is 1. The van der Waals surface area contributed by atoms with E-state index in [0.717, 1.165) is 24.1 Å². The number of methoxy groups -OCH3 is 1. The minimum absolute atomic E-state index is 0.0115. The van der Waals surface area contributed by atoms with E-state index in [1.165, 1.54) is 31.5 Å². The zero-order valence-electron chi connectivity index (χ0n) is 16.8. The summed E-state index contributed by atoms with van der Waals surface area (Å²) in [6, 6.07) is 5.95. The molecule has 3 aromatic rings. The highest BCUT2D eigenvalue weighted by molar-refractivity contribution is 6.30. The van der Waals surface area contributed by atoms with Gasteiger partial charge in [-0.1, -0.05) is 25.4 Å². The Kier molecular flexibility index (Phi) is 5.15. The number of rotatable bonds is 4. The quantitative estimate of drug-likeness (QED) is 0.592. The van der Waals surface area contributed by atoms with Crippen molar-refractivity contribution in [2.45, 2.75) is 26.7 Å². The van der Waals surface area contributed by atoms with E-state index in [0.29, 0.717) is 16.5 Å². The van der Waals surface area contributed by atoms with E-state index < -0.39 is 11.8 Å². The highest BCUT2D eigenvalue weighted by Gasteiger charge is 2.33. The van der Waals surface area contributed by atoms with Crippen molar-refractivity contribution in [1.82, 2.24) is 15.0 Å². The molecule has 0 saturated carbocycles. The summed E-state index contributed by atoms with van der Waals surface area (Å²) in [7, 11) is 1.31. The first kappa shape index (κ1) is 20.2. The molecule has 6 nitrogen and oxygen atoms in total. The van der Waals surface area contributed by atoms with Gasteiger partial charge in [-0.3, -0.25) is 4.98 Å². The van der Waals surface area contributed by atoms with Crippen LogP contribution < -0.4 is 5.32 Å². The van der Waals surface area contributed by atoms with Crippen molar-refractivity contribution in [3.05, 3.63) is 64.3 Å². The maximum absolute atomic E-state index is 14.5. The number of aromatic nitrogens is 3. The van der Waals surface area contributed by atoms with Crippen LogP contribution in [-0.2, 0) is 17.6 Å². The Labute approximate surface area is 178 Å². The van der Waals surface area contributed by atoms with Gasteiger partial charge < -0.3 is 10.1 Å². The number of benzene rings is 1. The van der Waals surface area contributed by atoms with Gasteiger partial charge in [-0.15, -0.1) is 0 Å². The molecule has 0 saturated heterocycles. The molecule has 8 heteroatoms. The lowest BCUT2D eigenvalue weighted by Gasteiger charge is -2.16. The number of hydrogen-bond acceptors (Lipinski definition) is 6. The zero-order valence-corrected chi connectivity index (χ0v) is 17.5. The Hall–Kier alpha value is -3.06. The molecular weight excluding hydrogens is 407 g/mol. The molecule has 1 aliphatic rings. The predicted octanol–water partition coefficient (Wildman–Crippen LogP) is 4.99. The number of nitrogens with zero attached hydrogens (tertiary/aromatic N) is 3. The number of anilines is 2. The van der Waals surface area contributed by atoms with Crippen molar-refractivity contribution < 1.29 is 13.9 Å². The van der Waals surface area contributed by atoms with Crippen LogP contribution in [0, 0.1) is 11.2 Å². The average molecular weight is 427 g/mol. The van der Waals surface area contributed by atoms with Gasteiger partial charge >= 0.3 is 5.97 Å². The first-order valence-electron chi connectivity index (χ1n) is 9.42. The third-order valence-corrected chi connectivity index (χ3v) is 5.28. The fraction of sp³-hybridized carbons (Fsp3) is 0.273. The monoisotopic (exact) mass is 426 g/mol. The van der Waals surface area contributed by atoms with Crippen LogP contribution in [0.3, 0.4) is 0 Å². The molecule has 0 spiro atoms. The number of fused-ring (bicyclic) bond motifs is 1. The van der Waals surface area contributed by atoms with Gasteiger partial charge in [-0.2, -0.15) is 0 Å². The van der Waals surface area contributed by atoms with E-state index in [9.17, 15) is 9.18 Å². The number of esters is 1. The lowest BCUT2D eigenvalue weighted by molar-refractivity contribution is 0.0601. The molecule has 2 heterocycles. The van der Waals surface area contributed by atoms with Crippen molar-refractivity contribution in [3.63, 3.8) is 0 Å².